The van der Waals surface area contributed by atoms with E-state index in [0.29, 0.717) is 19.0 Å². The molecule has 1 fully saturated rings. The third kappa shape index (κ3) is 3.61. The van der Waals surface area contributed by atoms with Gasteiger partial charge in [-0.25, -0.2) is 9.37 Å². The number of rotatable bonds is 5. The van der Waals surface area contributed by atoms with Gasteiger partial charge >= 0.3 is 0 Å². The van der Waals surface area contributed by atoms with E-state index in [1.54, 1.807) is 19.2 Å². The Balaban J connectivity index is 1.78. The van der Waals surface area contributed by atoms with E-state index in [2.05, 4.69) is 20.1 Å². The molecule has 7 heteroatoms. The lowest BCUT2D eigenvalue weighted by Gasteiger charge is -2.34. The maximum atomic E-state index is 13.5. The average Bonchev–Trinajstić information content (AvgIpc) is 3.06. The van der Waals surface area contributed by atoms with Crippen LogP contribution in [-0.4, -0.2) is 33.7 Å². The van der Waals surface area contributed by atoms with Crippen LogP contribution in [-0.2, 0) is 17.9 Å². The molecule has 1 aromatic carbocycles. The Kier molecular flexibility index (Phi) is 5.18. The van der Waals surface area contributed by atoms with Gasteiger partial charge in [0.15, 0.2) is 11.6 Å². The van der Waals surface area contributed by atoms with Gasteiger partial charge < -0.3 is 4.74 Å². The molecule has 0 bridgehead atoms. The fourth-order valence-electron chi connectivity index (χ4n) is 3.12. The van der Waals surface area contributed by atoms with Crippen LogP contribution in [0.3, 0.4) is 0 Å². The standard InChI is InChI=1S/C17H20FN5O/c1-24-11-16-20-17(22-21-16)15-4-2-3-7-23(15)10-12-5-6-14(18)13(8-12)9-19/h5-6,8,15H,2-4,7,10-11H2,1H3,(H,20,21,22)/t15-/m1/s1. The molecular weight excluding hydrogens is 309 g/mol. The van der Waals surface area contributed by atoms with E-state index in [1.165, 1.54) is 6.07 Å². The van der Waals surface area contributed by atoms with Gasteiger partial charge in [-0.1, -0.05) is 12.5 Å². The molecule has 1 N–H and O–H groups in total. The number of halogens is 1. The molecule has 2 aromatic rings. The monoisotopic (exact) mass is 329 g/mol. The van der Waals surface area contributed by atoms with E-state index in [-0.39, 0.29) is 11.6 Å². The normalized spacial score (nSPS) is 18.5. The molecule has 0 radical (unpaired) electrons. The lowest BCUT2D eigenvalue weighted by atomic mass is 10.00. The summed E-state index contributed by atoms with van der Waals surface area (Å²) < 4.78 is 18.6. The Labute approximate surface area is 140 Å². The summed E-state index contributed by atoms with van der Waals surface area (Å²) in [4.78, 5) is 6.81. The van der Waals surface area contributed by atoms with Gasteiger partial charge in [-0.15, -0.1) is 0 Å². The number of aromatic nitrogens is 3. The number of H-pyrrole nitrogens is 1. The molecule has 0 unspecified atom stereocenters. The third-order valence-electron chi connectivity index (χ3n) is 4.28. The SMILES string of the molecule is COCc1nc([C@H]2CCCCN2Cc2ccc(F)c(C#N)c2)n[nH]1. The van der Waals surface area contributed by atoms with Crippen LogP contribution in [0.15, 0.2) is 18.2 Å². The Morgan fingerprint density at radius 3 is 3.12 bits per heavy atom. The van der Waals surface area contributed by atoms with E-state index in [9.17, 15) is 4.39 Å². The number of likely N-dealkylation sites (tertiary alicyclic amines) is 1. The van der Waals surface area contributed by atoms with Crippen molar-refractivity contribution < 1.29 is 9.13 Å². The number of nitrogens with zero attached hydrogens (tertiary/aromatic N) is 4. The molecular formula is C17H20FN5O. The van der Waals surface area contributed by atoms with Crippen LogP contribution in [0, 0.1) is 17.1 Å². The minimum Gasteiger partial charge on any atom is -0.377 e. The predicted octanol–water partition coefficient (Wildman–Crippen LogP) is 2.69. The Morgan fingerprint density at radius 2 is 2.33 bits per heavy atom. The number of nitriles is 1. The molecule has 1 saturated heterocycles. The van der Waals surface area contributed by atoms with Crippen LogP contribution in [0.2, 0.25) is 0 Å². The zero-order chi connectivity index (χ0) is 16.9. The molecule has 24 heavy (non-hydrogen) atoms. The maximum absolute atomic E-state index is 13.5. The smallest absolute Gasteiger partial charge is 0.167 e. The van der Waals surface area contributed by atoms with Crippen molar-refractivity contribution in [3.63, 3.8) is 0 Å². The predicted molar refractivity (Wildman–Crippen MR) is 85.2 cm³/mol. The van der Waals surface area contributed by atoms with Crippen molar-refractivity contribution in [2.45, 2.75) is 38.5 Å². The summed E-state index contributed by atoms with van der Waals surface area (Å²) in [6.07, 6.45) is 3.22. The first-order chi connectivity index (χ1) is 11.7. The molecule has 1 aromatic heterocycles. The van der Waals surface area contributed by atoms with Gasteiger partial charge in [0.1, 0.15) is 18.5 Å². The molecule has 0 spiro atoms. The van der Waals surface area contributed by atoms with Crippen molar-refractivity contribution in [1.82, 2.24) is 20.1 Å². The summed E-state index contributed by atoms with van der Waals surface area (Å²) in [7, 11) is 1.62. The fraction of sp³-hybridized carbons (Fsp3) is 0.471. The summed E-state index contributed by atoms with van der Waals surface area (Å²) in [5.74, 6) is 1.01. The summed E-state index contributed by atoms with van der Waals surface area (Å²) in [5, 5.41) is 16.2. The number of hydrogen-bond acceptors (Lipinski definition) is 5. The minimum atomic E-state index is -0.477. The average molecular weight is 329 g/mol. The number of piperidine rings is 1. The number of aromatic amines is 1. The zero-order valence-electron chi connectivity index (χ0n) is 13.6. The number of methoxy groups -OCH3 is 1. The van der Waals surface area contributed by atoms with Crippen molar-refractivity contribution >= 4 is 0 Å². The van der Waals surface area contributed by atoms with Crippen molar-refractivity contribution in [2.24, 2.45) is 0 Å². The number of ether oxygens (including phenoxy) is 1. The fourth-order valence-corrected chi connectivity index (χ4v) is 3.12. The van der Waals surface area contributed by atoms with Crippen molar-refractivity contribution in [3.05, 3.63) is 46.8 Å². The van der Waals surface area contributed by atoms with Gasteiger partial charge in [-0.3, -0.25) is 10.00 Å². The highest BCUT2D eigenvalue weighted by Gasteiger charge is 2.27. The van der Waals surface area contributed by atoms with Gasteiger partial charge in [0.05, 0.1) is 11.6 Å². The van der Waals surface area contributed by atoms with Gasteiger partial charge in [0.25, 0.3) is 0 Å². The van der Waals surface area contributed by atoms with Crippen LogP contribution in [0.1, 0.15) is 48.1 Å². The highest BCUT2D eigenvalue weighted by atomic mass is 19.1. The van der Waals surface area contributed by atoms with E-state index in [1.807, 2.05) is 6.07 Å². The summed E-state index contributed by atoms with van der Waals surface area (Å²) in [6, 6.07) is 6.73. The van der Waals surface area contributed by atoms with E-state index < -0.39 is 5.82 Å². The molecule has 1 aliphatic rings. The van der Waals surface area contributed by atoms with Gasteiger partial charge in [-0.2, -0.15) is 10.4 Å². The first-order valence-corrected chi connectivity index (χ1v) is 8.04. The molecule has 0 saturated carbocycles. The quantitative estimate of drug-likeness (QED) is 0.912. The summed E-state index contributed by atoms with van der Waals surface area (Å²) >= 11 is 0. The maximum Gasteiger partial charge on any atom is 0.167 e. The van der Waals surface area contributed by atoms with Crippen LogP contribution in [0.5, 0.6) is 0 Å². The second-order valence-corrected chi connectivity index (χ2v) is 5.98. The van der Waals surface area contributed by atoms with Gasteiger partial charge in [0.2, 0.25) is 0 Å². The van der Waals surface area contributed by atoms with Crippen LogP contribution < -0.4 is 0 Å². The summed E-state index contributed by atoms with van der Waals surface area (Å²) in [5.41, 5.74) is 1.01. The topological polar surface area (TPSA) is 77.8 Å². The number of hydrogen-bond donors (Lipinski definition) is 1. The van der Waals surface area contributed by atoms with Gasteiger partial charge in [0, 0.05) is 13.7 Å². The largest absolute Gasteiger partial charge is 0.377 e. The first kappa shape index (κ1) is 16.6. The Hall–Kier alpha value is -2.30. The second kappa shape index (κ2) is 7.51. The van der Waals surface area contributed by atoms with Crippen LogP contribution in [0.25, 0.3) is 0 Å². The summed E-state index contributed by atoms with van der Waals surface area (Å²) in [6.45, 7) is 1.98. The zero-order valence-corrected chi connectivity index (χ0v) is 13.6. The van der Waals surface area contributed by atoms with Crippen LogP contribution >= 0.6 is 0 Å². The van der Waals surface area contributed by atoms with E-state index >= 15 is 0 Å². The Bertz CT molecular complexity index is 739. The van der Waals surface area contributed by atoms with Crippen molar-refractivity contribution in [2.75, 3.05) is 13.7 Å². The lowest BCUT2D eigenvalue weighted by molar-refractivity contribution is 0.133. The van der Waals surface area contributed by atoms with Crippen molar-refractivity contribution in [1.29, 1.82) is 5.26 Å². The molecule has 2 heterocycles. The second-order valence-electron chi connectivity index (χ2n) is 5.98. The highest BCUT2D eigenvalue weighted by Crippen LogP contribution is 2.30. The molecule has 3 rings (SSSR count). The number of benzene rings is 1. The minimum absolute atomic E-state index is 0.0846. The van der Waals surface area contributed by atoms with E-state index in [4.69, 9.17) is 10.00 Å². The molecule has 1 atom stereocenters. The molecule has 1 aliphatic heterocycles. The first-order valence-electron chi connectivity index (χ1n) is 8.04. The highest BCUT2D eigenvalue weighted by molar-refractivity contribution is 5.34. The van der Waals surface area contributed by atoms with Crippen molar-refractivity contribution in [3.8, 4) is 6.07 Å². The van der Waals surface area contributed by atoms with E-state index in [0.717, 1.165) is 37.2 Å². The van der Waals surface area contributed by atoms with Crippen LogP contribution in [0.4, 0.5) is 4.39 Å². The van der Waals surface area contributed by atoms with Gasteiger partial charge in [-0.05, 0) is 37.1 Å². The lowest BCUT2D eigenvalue weighted by Crippen LogP contribution is -2.33. The molecule has 126 valence electrons. The molecule has 0 aliphatic carbocycles. The third-order valence-corrected chi connectivity index (χ3v) is 4.28. The Morgan fingerprint density at radius 1 is 1.46 bits per heavy atom. The molecule has 6 nitrogen and oxygen atoms in total. The molecule has 0 amide bonds. The number of nitrogens with one attached hydrogen (secondary N) is 1.